The Labute approximate surface area is 124 Å². The maximum Gasteiger partial charge on any atom is 0.334 e. The normalized spacial score (nSPS) is 21.9. The summed E-state index contributed by atoms with van der Waals surface area (Å²) < 4.78 is 28.1. The van der Waals surface area contributed by atoms with Gasteiger partial charge in [-0.1, -0.05) is 12.1 Å². The molecule has 0 amide bonds. The molecule has 0 spiro atoms. The molecule has 6 nitrogen and oxygen atoms in total. The van der Waals surface area contributed by atoms with Crippen LogP contribution < -0.4 is 0 Å². The van der Waals surface area contributed by atoms with Gasteiger partial charge in [-0.2, -0.15) is 0 Å². The van der Waals surface area contributed by atoms with Crippen molar-refractivity contribution in [1.29, 1.82) is 0 Å². The van der Waals surface area contributed by atoms with Gasteiger partial charge in [0.05, 0.1) is 11.5 Å². The number of nitrogens with zero attached hydrogens (tertiary/aromatic N) is 1. The van der Waals surface area contributed by atoms with E-state index in [1.807, 2.05) is 11.8 Å². The monoisotopic (exact) mass is 313 g/mol. The smallest absolute Gasteiger partial charge is 0.334 e. The van der Waals surface area contributed by atoms with Crippen LogP contribution in [-0.2, 0) is 19.4 Å². The van der Waals surface area contributed by atoms with Gasteiger partial charge in [-0.3, -0.25) is 4.90 Å². The molecule has 1 heterocycles. The van der Waals surface area contributed by atoms with E-state index in [9.17, 15) is 13.2 Å². The Bertz CT molecular complexity index is 611. The summed E-state index contributed by atoms with van der Waals surface area (Å²) in [5.74, 6) is -0.959. The lowest BCUT2D eigenvalue weighted by molar-refractivity contribution is -0.157. The van der Waals surface area contributed by atoms with Gasteiger partial charge >= 0.3 is 5.97 Å². The van der Waals surface area contributed by atoms with Gasteiger partial charge in [0, 0.05) is 25.4 Å². The number of carboxylic acid groups (broad SMARTS) is 1. The molecular formula is C14H19NO5S. The lowest BCUT2D eigenvalue weighted by Crippen LogP contribution is -2.46. The molecular weight excluding hydrogens is 294 g/mol. The standard InChI is InChI=1S/C14H19NO5S/c1-10(15-7-8-20-13(9-15)14(16)17)11-3-5-12(6-4-11)21(2,18)19/h3-6,10,13H,7-9H2,1-2H3,(H,16,17). The number of sulfone groups is 1. The second-order valence-corrected chi connectivity index (χ2v) is 7.23. The first-order chi connectivity index (χ1) is 9.79. The van der Waals surface area contributed by atoms with Crippen molar-refractivity contribution in [3.63, 3.8) is 0 Å². The predicted octanol–water partition coefficient (Wildman–Crippen LogP) is 0.937. The van der Waals surface area contributed by atoms with E-state index in [0.717, 1.165) is 5.56 Å². The van der Waals surface area contributed by atoms with Crippen LogP contribution in [0.1, 0.15) is 18.5 Å². The van der Waals surface area contributed by atoms with Crippen LogP contribution in [0.5, 0.6) is 0 Å². The molecule has 1 aromatic rings. The van der Waals surface area contributed by atoms with Gasteiger partial charge in [-0.15, -0.1) is 0 Å². The number of hydrogen-bond acceptors (Lipinski definition) is 5. The molecule has 1 aliphatic heterocycles. The Morgan fingerprint density at radius 3 is 2.52 bits per heavy atom. The van der Waals surface area contributed by atoms with E-state index < -0.39 is 21.9 Å². The minimum atomic E-state index is -3.20. The molecule has 21 heavy (non-hydrogen) atoms. The lowest BCUT2D eigenvalue weighted by Gasteiger charge is -2.35. The molecule has 1 fully saturated rings. The second kappa shape index (κ2) is 6.13. The highest BCUT2D eigenvalue weighted by atomic mass is 32.2. The summed E-state index contributed by atoms with van der Waals surface area (Å²) in [5.41, 5.74) is 0.952. The fourth-order valence-electron chi connectivity index (χ4n) is 2.37. The minimum absolute atomic E-state index is 0.00404. The summed E-state index contributed by atoms with van der Waals surface area (Å²) in [7, 11) is -3.20. The second-order valence-electron chi connectivity index (χ2n) is 5.21. The van der Waals surface area contributed by atoms with Gasteiger partial charge in [-0.25, -0.2) is 13.2 Å². The minimum Gasteiger partial charge on any atom is -0.479 e. The molecule has 7 heteroatoms. The first-order valence-electron chi connectivity index (χ1n) is 6.67. The molecule has 2 atom stereocenters. The third-order valence-electron chi connectivity index (χ3n) is 3.71. The van der Waals surface area contributed by atoms with Gasteiger partial charge in [0.15, 0.2) is 15.9 Å². The molecule has 116 valence electrons. The van der Waals surface area contributed by atoms with Gasteiger partial charge in [0.2, 0.25) is 0 Å². The van der Waals surface area contributed by atoms with Gasteiger partial charge < -0.3 is 9.84 Å². The molecule has 2 unspecified atom stereocenters. The molecule has 1 N–H and O–H groups in total. The summed E-state index contributed by atoms with van der Waals surface area (Å²) in [6, 6.07) is 6.70. The van der Waals surface area contributed by atoms with E-state index in [-0.39, 0.29) is 10.9 Å². The van der Waals surface area contributed by atoms with Crippen molar-refractivity contribution in [1.82, 2.24) is 4.90 Å². The number of morpholine rings is 1. The molecule has 0 saturated carbocycles. The number of carboxylic acids is 1. The van der Waals surface area contributed by atoms with Gasteiger partial charge in [0.25, 0.3) is 0 Å². The van der Waals surface area contributed by atoms with Crippen molar-refractivity contribution in [2.75, 3.05) is 26.0 Å². The van der Waals surface area contributed by atoms with Gasteiger partial charge in [-0.05, 0) is 24.6 Å². The molecule has 1 saturated heterocycles. The highest BCUT2D eigenvalue weighted by Crippen LogP contribution is 2.24. The van der Waals surface area contributed by atoms with E-state index >= 15 is 0 Å². The third-order valence-corrected chi connectivity index (χ3v) is 4.84. The first-order valence-corrected chi connectivity index (χ1v) is 8.56. The van der Waals surface area contributed by atoms with Gasteiger partial charge in [0.1, 0.15) is 0 Å². The quantitative estimate of drug-likeness (QED) is 0.890. The van der Waals surface area contributed by atoms with Crippen LogP contribution in [0.15, 0.2) is 29.2 Å². The Balaban J connectivity index is 2.12. The summed E-state index contributed by atoms with van der Waals surface area (Å²) in [4.78, 5) is 13.3. The number of benzene rings is 1. The van der Waals surface area contributed by atoms with Crippen molar-refractivity contribution in [3.05, 3.63) is 29.8 Å². The van der Waals surface area contributed by atoms with Crippen LogP contribution in [0.2, 0.25) is 0 Å². The Kier molecular flexibility index (Phi) is 4.65. The largest absolute Gasteiger partial charge is 0.479 e. The Morgan fingerprint density at radius 2 is 2.00 bits per heavy atom. The van der Waals surface area contributed by atoms with E-state index in [1.165, 1.54) is 6.26 Å². The van der Waals surface area contributed by atoms with Crippen LogP contribution in [0.3, 0.4) is 0 Å². The molecule has 2 rings (SSSR count). The van der Waals surface area contributed by atoms with Crippen molar-refractivity contribution >= 4 is 15.8 Å². The van der Waals surface area contributed by atoms with Crippen molar-refractivity contribution in [2.45, 2.75) is 24.0 Å². The summed E-state index contributed by atoms with van der Waals surface area (Å²) >= 11 is 0. The number of hydrogen-bond donors (Lipinski definition) is 1. The molecule has 1 aliphatic rings. The fraction of sp³-hybridized carbons (Fsp3) is 0.500. The van der Waals surface area contributed by atoms with Crippen LogP contribution in [-0.4, -0.2) is 56.4 Å². The SMILES string of the molecule is CC(c1ccc(S(C)(=O)=O)cc1)N1CCOC(C(=O)O)C1. The zero-order chi connectivity index (χ0) is 15.6. The van der Waals surface area contributed by atoms with E-state index in [1.54, 1.807) is 24.3 Å². The van der Waals surface area contributed by atoms with Crippen molar-refractivity contribution < 1.29 is 23.1 Å². The molecule has 0 bridgehead atoms. The maximum atomic E-state index is 11.4. The number of carbonyl (C=O) groups is 1. The van der Waals surface area contributed by atoms with Crippen molar-refractivity contribution in [3.8, 4) is 0 Å². The zero-order valence-corrected chi connectivity index (χ0v) is 12.8. The lowest BCUT2D eigenvalue weighted by atomic mass is 10.1. The number of ether oxygens (including phenoxy) is 1. The summed E-state index contributed by atoms with van der Waals surface area (Å²) in [6.07, 6.45) is 0.363. The first kappa shape index (κ1) is 15.9. The fourth-order valence-corrected chi connectivity index (χ4v) is 3.01. The maximum absolute atomic E-state index is 11.4. The topological polar surface area (TPSA) is 83.9 Å². The molecule has 0 radical (unpaired) electrons. The average molecular weight is 313 g/mol. The van der Waals surface area contributed by atoms with Crippen molar-refractivity contribution in [2.24, 2.45) is 0 Å². The number of rotatable bonds is 4. The van der Waals surface area contributed by atoms with E-state index in [2.05, 4.69) is 0 Å². The summed E-state index contributed by atoms with van der Waals surface area (Å²) in [5, 5.41) is 9.02. The Morgan fingerprint density at radius 1 is 1.38 bits per heavy atom. The van der Waals surface area contributed by atoms with Crippen LogP contribution in [0.25, 0.3) is 0 Å². The van der Waals surface area contributed by atoms with Crippen LogP contribution in [0, 0.1) is 0 Å². The highest BCUT2D eigenvalue weighted by molar-refractivity contribution is 7.90. The molecule has 0 aromatic heterocycles. The summed E-state index contributed by atoms with van der Waals surface area (Å²) in [6.45, 7) is 3.32. The molecule has 1 aromatic carbocycles. The molecule has 0 aliphatic carbocycles. The number of aliphatic carboxylic acids is 1. The van der Waals surface area contributed by atoms with Crippen LogP contribution >= 0.6 is 0 Å². The predicted molar refractivity (Wildman–Crippen MR) is 76.9 cm³/mol. The van der Waals surface area contributed by atoms with E-state index in [0.29, 0.717) is 19.7 Å². The highest BCUT2D eigenvalue weighted by Gasteiger charge is 2.29. The average Bonchev–Trinajstić information content (AvgIpc) is 2.46. The zero-order valence-electron chi connectivity index (χ0n) is 12.0. The van der Waals surface area contributed by atoms with E-state index in [4.69, 9.17) is 9.84 Å². The Hall–Kier alpha value is -1.44. The van der Waals surface area contributed by atoms with Crippen LogP contribution in [0.4, 0.5) is 0 Å². The third kappa shape index (κ3) is 3.81.